The summed E-state index contributed by atoms with van der Waals surface area (Å²) in [4.78, 5) is 16.0. The van der Waals surface area contributed by atoms with Crippen molar-refractivity contribution in [3.8, 4) is 17.2 Å². The molecule has 3 rings (SSSR count). The van der Waals surface area contributed by atoms with E-state index in [1.54, 1.807) is 26.4 Å². The van der Waals surface area contributed by atoms with Gasteiger partial charge in [-0.15, -0.1) is 0 Å². The predicted octanol–water partition coefficient (Wildman–Crippen LogP) is 4.38. The number of rotatable bonds is 10. The van der Waals surface area contributed by atoms with Crippen LogP contribution < -0.4 is 14.2 Å². The molecule has 0 saturated carbocycles. The number of hydrogen-bond donors (Lipinski definition) is 1. The van der Waals surface area contributed by atoms with Crippen molar-refractivity contribution in [1.82, 2.24) is 4.98 Å². The Balaban J connectivity index is 1.64. The second-order valence-electron chi connectivity index (χ2n) is 7.18. The highest BCUT2D eigenvalue weighted by molar-refractivity contribution is 5.90. The van der Waals surface area contributed by atoms with Crippen LogP contribution in [0.2, 0.25) is 0 Å². The Morgan fingerprint density at radius 3 is 1.94 bits per heavy atom. The van der Waals surface area contributed by atoms with Crippen LogP contribution >= 0.6 is 0 Å². The van der Waals surface area contributed by atoms with Gasteiger partial charge < -0.3 is 19.3 Å². The third-order valence-corrected chi connectivity index (χ3v) is 5.11. The van der Waals surface area contributed by atoms with Gasteiger partial charge in [0.15, 0.2) is 0 Å². The highest BCUT2D eigenvalue weighted by Crippen LogP contribution is 2.24. The number of ether oxygens (including phenoxy) is 3. The van der Waals surface area contributed by atoms with Gasteiger partial charge in [0.25, 0.3) is 0 Å². The van der Waals surface area contributed by atoms with Crippen LogP contribution in [0, 0.1) is 0 Å². The van der Waals surface area contributed by atoms with E-state index in [9.17, 15) is 9.90 Å². The SMILES string of the molecule is COc1cc(CCc2cccc(CCc3ccc(C(=O)O)c(OC)c3)n2)cc(OC)c1. The smallest absolute Gasteiger partial charge is 0.339 e. The van der Waals surface area contributed by atoms with Crippen molar-refractivity contribution in [2.45, 2.75) is 25.7 Å². The minimum absolute atomic E-state index is 0.167. The van der Waals surface area contributed by atoms with E-state index in [-0.39, 0.29) is 5.56 Å². The Kier molecular flexibility index (Phi) is 7.49. The summed E-state index contributed by atoms with van der Waals surface area (Å²) in [5.41, 5.74) is 4.34. The number of hydrogen-bond acceptors (Lipinski definition) is 5. The van der Waals surface area contributed by atoms with E-state index in [4.69, 9.17) is 19.2 Å². The number of methoxy groups -OCH3 is 3. The average molecular weight is 421 g/mol. The first kappa shape index (κ1) is 22.2. The minimum atomic E-state index is -0.994. The first-order valence-corrected chi connectivity index (χ1v) is 10.1. The monoisotopic (exact) mass is 421 g/mol. The maximum absolute atomic E-state index is 11.2. The number of carbonyl (C=O) groups is 1. The van der Waals surface area contributed by atoms with Crippen molar-refractivity contribution in [2.24, 2.45) is 0 Å². The average Bonchev–Trinajstić information content (AvgIpc) is 2.81. The lowest BCUT2D eigenvalue weighted by molar-refractivity contribution is 0.0693. The first-order chi connectivity index (χ1) is 15.0. The van der Waals surface area contributed by atoms with E-state index in [1.807, 2.05) is 42.5 Å². The van der Waals surface area contributed by atoms with Crippen LogP contribution in [0.3, 0.4) is 0 Å². The standard InChI is InChI=1S/C25H27NO5/c1-29-21-13-18(14-22(16-21)30-2)8-11-20-6-4-5-19(26-20)10-7-17-9-12-23(25(27)28)24(15-17)31-3/h4-6,9,12-16H,7-8,10-11H2,1-3H3,(H,27,28). The van der Waals surface area contributed by atoms with Gasteiger partial charge in [-0.1, -0.05) is 12.1 Å². The molecule has 3 aromatic rings. The number of carboxylic acid groups (broad SMARTS) is 1. The Labute approximate surface area is 182 Å². The lowest BCUT2D eigenvalue weighted by Gasteiger charge is -2.10. The summed E-state index contributed by atoms with van der Waals surface area (Å²) in [7, 11) is 4.78. The van der Waals surface area contributed by atoms with Gasteiger partial charge in [-0.2, -0.15) is 0 Å². The molecule has 1 heterocycles. The zero-order chi connectivity index (χ0) is 22.2. The number of pyridine rings is 1. The maximum Gasteiger partial charge on any atom is 0.339 e. The van der Waals surface area contributed by atoms with Gasteiger partial charge >= 0.3 is 5.97 Å². The fraction of sp³-hybridized carbons (Fsp3) is 0.280. The highest BCUT2D eigenvalue weighted by Gasteiger charge is 2.11. The molecule has 0 saturated heterocycles. The molecular formula is C25H27NO5. The van der Waals surface area contributed by atoms with E-state index >= 15 is 0 Å². The van der Waals surface area contributed by atoms with Gasteiger partial charge in [0, 0.05) is 17.5 Å². The molecule has 0 aliphatic heterocycles. The third kappa shape index (κ3) is 5.98. The van der Waals surface area contributed by atoms with Crippen molar-refractivity contribution in [1.29, 1.82) is 0 Å². The fourth-order valence-electron chi connectivity index (χ4n) is 3.43. The zero-order valence-electron chi connectivity index (χ0n) is 18.1. The molecule has 6 nitrogen and oxygen atoms in total. The summed E-state index contributed by atoms with van der Waals surface area (Å²) < 4.78 is 15.9. The Morgan fingerprint density at radius 2 is 1.39 bits per heavy atom. The number of aromatic carboxylic acids is 1. The topological polar surface area (TPSA) is 77.9 Å². The molecule has 2 aromatic carbocycles. The van der Waals surface area contributed by atoms with Crippen LogP contribution in [-0.2, 0) is 25.7 Å². The largest absolute Gasteiger partial charge is 0.497 e. The number of nitrogens with zero attached hydrogens (tertiary/aromatic N) is 1. The van der Waals surface area contributed by atoms with Crippen LogP contribution in [0.25, 0.3) is 0 Å². The summed E-state index contributed by atoms with van der Waals surface area (Å²) in [5.74, 6) is 0.938. The van der Waals surface area contributed by atoms with Gasteiger partial charge in [-0.05, 0) is 73.2 Å². The molecule has 0 aliphatic carbocycles. The summed E-state index contributed by atoms with van der Waals surface area (Å²) in [6.45, 7) is 0. The van der Waals surface area contributed by atoms with E-state index in [1.165, 1.54) is 7.11 Å². The molecule has 0 fully saturated rings. The minimum Gasteiger partial charge on any atom is -0.497 e. The Morgan fingerprint density at radius 1 is 0.774 bits per heavy atom. The van der Waals surface area contributed by atoms with E-state index in [0.29, 0.717) is 5.75 Å². The number of carboxylic acids is 1. The van der Waals surface area contributed by atoms with Gasteiger partial charge in [-0.3, -0.25) is 4.98 Å². The Bertz CT molecular complexity index is 1030. The molecule has 0 spiro atoms. The third-order valence-electron chi connectivity index (χ3n) is 5.11. The molecule has 0 atom stereocenters. The maximum atomic E-state index is 11.2. The van der Waals surface area contributed by atoms with Crippen molar-refractivity contribution in [3.05, 3.63) is 82.7 Å². The summed E-state index contributed by atoms with van der Waals surface area (Å²) in [5, 5.41) is 9.21. The molecule has 31 heavy (non-hydrogen) atoms. The van der Waals surface area contributed by atoms with Crippen molar-refractivity contribution >= 4 is 5.97 Å². The van der Waals surface area contributed by atoms with Gasteiger partial charge in [0.05, 0.1) is 21.3 Å². The van der Waals surface area contributed by atoms with Crippen LogP contribution in [0.4, 0.5) is 0 Å². The lowest BCUT2D eigenvalue weighted by Crippen LogP contribution is -2.03. The van der Waals surface area contributed by atoms with Crippen LogP contribution in [0.1, 0.15) is 32.9 Å². The lowest BCUT2D eigenvalue weighted by atomic mass is 10.0. The molecule has 6 heteroatoms. The first-order valence-electron chi connectivity index (χ1n) is 10.1. The second-order valence-corrected chi connectivity index (χ2v) is 7.18. The molecule has 0 bridgehead atoms. The predicted molar refractivity (Wildman–Crippen MR) is 119 cm³/mol. The second kappa shape index (κ2) is 10.5. The number of aryl methyl sites for hydroxylation is 4. The van der Waals surface area contributed by atoms with Crippen molar-refractivity contribution < 1.29 is 24.1 Å². The quantitative estimate of drug-likeness (QED) is 0.524. The molecule has 1 N–H and O–H groups in total. The molecular weight excluding hydrogens is 394 g/mol. The van der Waals surface area contributed by atoms with Crippen LogP contribution in [0.5, 0.6) is 17.2 Å². The van der Waals surface area contributed by atoms with Crippen LogP contribution in [-0.4, -0.2) is 37.4 Å². The molecule has 162 valence electrons. The van der Waals surface area contributed by atoms with E-state index < -0.39 is 5.97 Å². The Hall–Kier alpha value is -3.54. The fourth-order valence-corrected chi connectivity index (χ4v) is 3.43. The summed E-state index contributed by atoms with van der Waals surface area (Å²) in [6.07, 6.45) is 3.15. The van der Waals surface area contributed by atoms with Crippen molar-refractivity contribution in [3.63, 3.8) is 0 Å². The summed E-state index contributed by atoms with van der Waals surface area (Å²) >= 11 is 0. The molecule has 0 radical (unpaired) electrons. The normalized spacial score (nSPS) is 10.5. The molecule has 0 unspecified atom stereocenters. The van der Waals surface area contributed by atoms with E-state index in [0.717, 1.165) is 59.7 Å². The zero-order valence-corrected chi connectivity index (χ0v) is 18.1. The molecule has 0 aliphatic rings. The summed E-state index contributed by atoms with van der Waals surface area (Å²) in [6, 6.07) is 17.2. The molecule has 1 aromatic heterocycles. The molecule has 0 amide bonds. The van der Waals surface area contributed by atoms with Crippen LogP contribution in [0.15, 0.2) is 54.6 Å². The van der Waals surface area contributed by atoms with Gasteiger partial charge in [0.2, 0.25) is 0 Å². The van der Waals surface area contributed by atoms with Gasteiger partial charge in [-0.25, -0.2) is 4.79 Å². The van der Waals surface area contributed by atoms with Gasteiger partial charge in [0.1, 0.15) is 22.8 Å². The number of benzene rings is 2. The highest BCUT2D eigenvalue weighted by atomic mass is 16.5. The van der Waals surface area contributed by atoms with E-state index in [2.05, 4.69) is 0 Å². The van der Waals surface area contributed by atoms with Crippen molar-refractivity contribution in [2.75, 3.05) is 21.3 Å². The number of aromatic nitrogens is 1.